The molecule has 0 aliphatic carbocycles. The molecule has 0 spiro atoms. The predicted molar refractivity (Wildman–Crippen MR) is 57.2 cm³/mol. The Kier molecular flexibility index (Phi) is 4.36. The van der Waals surface area contributed by atoms with Gasteiger partial charge < -0.3 is 10.4 Å². The van der Waals surface area contributed by atoms with E-state index < -0.39 is 13.8 Å². The predicted octanol–water partition coefficient (Wildman–Crippen LogP) is 0.917. The number of aliphatic hydroxyl groups is 1. The molecule has 0 saturated carbocycles. The molecule has 0 aromatic carbocycles. The van der Waals surface area contributed by atoms with Gasteiger partial charge in [-0.25, -0.2) is 0 Å². The Balaban J connectivity index is 3.91. The molecule has 0 aliphatic rings. The van der Waals surface area contributed by atoms with Crippen molar-refractivity contribution < 1.29 is 9.90 Å². The topological polar surface area (TPSA) is 49.3 Å². The highest BCUT2D eigenvalue weighted by Crippen LogP contribution is 2.06. The maximum atomic E-state index is 11.1. The Labute approximate surface area is 80.9 Å². The number of carbonyl (C=O) groups excluding carboxylic acids is 1. The van der Waals surface area contributed by atoms with Gasteiger partial charge in [-0.1, -0.05) is 26.2 Å². The van der Waals surface area contributed by atoms with E-state index in [9.17, 15) is 9.90 Å². The van der Waals surface area contributed by atoms with Crippen LogP contribution in [0.5, 0.6) is 0 Å². The van der Waals surface area contributed by atoms with Crippen molar-refractivity contribution in [1.82, 2.24) is 5.32 Å². The molecule has 0 bridgehead atoms. The van der Waals surface area contributed by atoms with Crippen LogP contribution in [0.3, 0.4) is 0 Å². The van der Waals surface area contributed by atoms with Crippen LogP contribution in [0, 0.1) is 0 Å². The Bertz CT molecular complexity index is 208. The lowest BCUT2D eigenvalue weighted by Crippen LogP contribution is -2.46. The number of hydrogen-bond donors (Lipinski definition) is 2. The van der Waals surface area contributed by atoms with E-state index in [0.717, 1.165) is 0 Å². The van der Waals surface area contributed by atoms with Crippen molar-refractivity contribution in [2.24, 2.45) is 0 Å². The summed E-state index contributed by atoms with van der Waals surface area (Å²) < 4.78 is 0. The first kappa shape index (κ1) is 12.4. The first-order valence-electron chi connectivity index (χ1n) is 4.37. The van der Waals surface area contributed by atoms with Crippen molar-refractivity contribution in [1.29, 1.82) is 0 Å². The van der Waals surface area contributed by atoms with Crippen LogP contribution in [0.2, 0.25) is 19.6 Å². The monoisotopic (exact) mass is 201 g/mol. The summed E-state index contributed by atoms with van der Waals surface area (Å²) in [5.41, 5.74) is 0.0820. The van der Waals surface area contributed by atoms with Crippen molar-refractivity contribution >= 4 is 14.0 Å². The van der Waals surface area contributed by atoms with Crippen LogP contribution in [-0.2, 0) is 4.79 Å². The second-order valence-corrected chi connectivity index (χ2v) is 9.77. The molecule has 3 nitrogen and oxygen atoms in total. The second kappa shape index (κ2) is 4.57. The molecule has 0 aromatic rings. The fourth-order valence-corrected chi connectivity index (χ4v) is 1.36. The average molecular weight is 201 g/mol. The molecule has 4 heteroatoms. The van der Waals surface area contributed by atoms with E-state index in [-0.39, 0.29) is 5.91 Å². The minimum atomic E-state index is -1.55. The number of nitrogens with one attached hydrogen (secondary N) is 1. The molecule has 0 saturated heterocycles. The lowest BCUT2D eigenvalue weighted by molar-refractivity contribution is -0.117. The van der Waals surface area contributed by atoms with Crippen LogP contribution >= 0.6 is 0 Å². The molecule has 2 N–H and O–H groups in total. The molecule has 1 unspecified atom stereocenters. The van der Waals surface area contributed by atoms with E-state index in [0.29, 0.717) is 12.1 Å². The molecule has 0 rings (SSSR count). The van der Waals surface area contributed by atoms with Gasteiger partial charge in [0.25, 0.3) is 0 Å². The third-order valence-electron chi connectivity index (χ3n) is 1.84. The Morgan fingerprint density at radius 1 is 1.54 bits per heavy atom. The first-order chi connectivity index (χ1) is 5.75. The van der Waals surface area contributed by atoms with Crippen molar-refractivity contribution in [2.75, 3.05) is 6.54 Å². The maximum absolute atomic E-state index is 11.1. The van der Waals surface area contributed by atoms with Gasteiger partial charge in [-0.3, -0.25) is 4.79 Å². The van der Waals surface area contributed by atoms with Gasteiger partial charge in [0.1, 0.15) is 0 Å². The standard InChI is InChI=1S/C9H19NO2Si/c1-7(2)9(12)10-6-8(11)13(3,4)5/h8,11H,1,6H2,2-5H3,(H,10,12). The van der Waals surface area contributed by atoms with E-state index in [4.69, 9.17) is 0 Å². The van der Waals surface area contributed by atoms with Crippen LogP contribution in [0.1, 0.15) is 6.92 Å². The first-order valence-corrected chi connectivity index (χ1v) is 7.94. The molecule has 13 heavy (non-hydrogen) atoms. The third kappa shape index (κ3) is 4.85. The van der Waals surface area contributed by atoms with Gasteiger partial charge in [-0.15, -0.1) is 0 Å². The molecule has 0 aromatic heterocycles. The van der Waals surface area contributed by atoms with Crippen LogP contribution in [0.15, 0.2) is 12.2 Å². The van der Waals surface area contributed by atoms with Crippen LogP contribution in [0.4, 0.5) is 0 Å². The van der Waals surface area contributed by atoms with Gasteiger partial charge in [-0.2, -0.15) is 0 Å². The summed E-state index contributed by atoms with van der Waals surface area (Å²) in [5, 5.41) is 12.3. The summed E-state index contributed by atoms with van der Waals surface area (Å²) in [7, 11) is -1.55. The largest absolute Gasteiger partial charge is 0.395 e. The summed E-state index contributed by atoms with van der Waals surface area (Å²) in [6.07, 6.45) is 0. The van der Waals surface area contributed by atoms with Gasteiger partial charge in [0, 0.05) is 12.1 Å². The van der Waals surface area contributed by atoms with Crippen molar-refractivity contribution in [2.45, 2.75) is 32.3 Å². The highest BCUT2D eigenvalue weighted by atomic mass is 28.3. The van der Waals surface area contributed by atoms with E-state index in [1.165, 1.54) is 0 Å². The zero-order valence-electron chi connectivity index (χ0n) is 8.85. The number of amides is 1. The van der Waals surface area contributed by atoms with Crippen LogP contribution < -0.4 is 5.32 Å². The van der Waals surface area contributed by atoms with Crippen LogP contribution in [-0.4, -0.2) is 31.4 Å². The SMILES string of the molecule is C=C(C)C(=O)NCC(O)[Si](C)(C)C. The van der Waals surface area contributed by atoms with E-state index in [1.54, 1.807) is 6.92 Å². The van der Waals surface area contributed by atoms with Crippen molar-refractivity contribution in [3.63, 3.8) is 0 Å². The molecule has 0 radical (unpaired) electrons. The second-order valence-electron chi connectivity index (χ2n) is 4.37. The molecule has 1 atom stereocenters. The van der Waals surface area contributed by atoms with E-state index in [1.807, 2.05) is 0 Å². The summed E-state index contributed by atoms with van der Waals surface area (Å²) in [6.45, 7) is 11.7. The minimum Gasteiger partial charge on any atom is -0.395 e. The summed E-state index contributed by atoms with van der Waals surface area (Å²) in [4.78, 5) is 11.1. The smallest absolute Gasteiger partial charge is 0.246 e. The average Bonchev–Trinajstić information content (AvgIpc) is 1.97. The van der Waals surface area contributed by atoms with E-state index >= 15 is 0 Å². The lowest BCUT2D eigenvalue weighted by Gasteiger charge is -2.23. The number of carbonyl (C=O) groups is 1. The summed E-state index contributed by atoms with van der Waals surface area (Å²) in [6, 6.07) is 0. The fourth-order valence-electron chi connectivity index (χ4n) is 0.646. The Hall–Kier alpha value is -0.613. The molecule has 1 amide bonds. The molecule has 0 aliphatic heterocycles. The maximum Gasteiger partial charge on any atom is 0.246 e. The lowest BCUT2D eigenvalue weighted by atomic mass is 10.3. The van der Waals surface area contributed by atoms with Gasteiger partial charge in [0.2, 0.25) is 5.91 Å². The molecular formula is C9H19NO2Si. The zero-order chi connectivity index (χ0) is 10.6. The van der Waals surface area contributed by atoms with Gasteiger partial charge in [-0.05, 0) is 6.92 Å². The fraction of sp³-hybridized carbons (Fsp3) is 0.667. The highest BCUT2D eigenvalue weighted by Gasteiger charge is 2.24. The summed E-state index contributed by atoms with van der Waals surface area (Å²) >= 11 is 0. The molecule has 76 valence electrons. The quantitative estimate of drug-likeness (QED) is 0.525. The third-order valence-corrected chi connectivity index (χ3v) is 4.05. The molecule has 0 fully saturated rings. The van der Waals surface area contributed by atoms with Gasteiger partial charge >= 0.3 is 0 Å². The number of aliphatic hydroxyl groups excluding tert-OH is 1. The molecular weight excluding hydrogens is 182 g/mol. The van der Waals surface area contributed by atoms with Gasteiger partial charge in [0.15, 0.2) is 0 Å². The Morgan fingerprint density at radius 3 is 2.31 bits per heavy atom. The van der Waals surface area contributed by atoms with Crippen molar-refractivity contribution in [3.05, 3.63) is 12.2 Å². The normalized spacial score (nSPS) is 13.6. The van der Waals surface area contributed by atoms with Crippen molar-refractivity contribution in [3.8, 4) is 0 Å². The molecule has 0 heterocycles. The number of rotatable bonds is 4. The van der Waals surface area contributed by atoms with Gasteiger partial charge in [0.05, 0.1) is 13.8 Å². The van der Waals surface area contributed by atoms with Crippen LogP contribution in [0.25, 0.3) is 0 Å². The highest BCUT2D eigenvalue weighted by molar-refractivity contribution is 6.77. The minimum absolute atomic E-state index is 0.183. The number of hydrogen-bond acceptors (Lipinski definition) is 2. The Morgan fingerprint density at radius 2 is 2.00 bits per heavy atom. The van der Waals surface area contributed by atoms with E-state index in [2.05, 4.69) is 31.5 Å². The summed E-state index contributed by atoms with van der Waals surface area (Å²) in [5.74, 6) is -0.183. The zero-order valence-corrected chi connectivity index (χ0v) is 9.85.